The normalized spacial score (nSPS) is 10.1. The fraction of sp³-hybridized carbons (Fsp3) is 0.133. The summed E-state index contributed by atoms with van der Waals surface area (Å²) in [4.78, 5) is 0. The maximum atomic E-state index is 12.8. The molecule has 0 spiro atoms. The minimum Gasteiger partial charge on any atom is -0.496 e. The smallest absolute Gasteiger partial charge is 0.130 e. The molecule has 20 heavy (non-hydrogen) atoms. The molecule has 0 unspecified atom stereocenters. The van der Waals surface area contributed by atoms with E-state index in [1.165, 1.54) is 19.2 Å². The van der Waals surface area contributed by atoms with Crippen LogP contribution >= 0.6 is 0 Å². The zero-order chi connectivity index (χ0) is 14.5. The Morgan fingerprint density at radius 3 is 2.50 bits per heavy atom. The Kier molecular flexibility index (Phi) is 4.20. The molecule has 4 nitrogen and oxygen atoms in total. The summed E-state index contributed by atoms with van der Waals surface area (Å²) in [6, 6.07) is 11.1. The Hall–Kier alpha value is -2.56. The van der Waals surface area contributed by atoms with E-state index in [4.69, 9.17) is 20.6 Å². The van der Waals surface area contributed by atoms with E-state index in [0.29, 0.717) is 23.7 Å². The number of nitrogens with one attached hydrogen (secondary N) is 1. The van der Waals surface area contributed by atoms with Gasteiger partial charge in [-0.15, -0.1) is 0 Å². The average molecular weight is 274 g/mol. The summed E-state index contributed by atoms with van der Waals surface area (Å²) in [5.74, 6) is 0.761. The van der Waals surface area contributed by atoms with Crippen LogP contribution in [0.5, 0.6) is 11.5 Å². The molecule has 0 aliphatic heterocycles. The molecule has 104 valence electrons. The van der Waals surface area contributed by atoms with Crippen molar-refractivity contribution >= 4 is 5.84 Å². The second kappa shape index (κ2) is 6.06. The molecule has 2 aromatic rings. The Morgan fingerprint density at radius 2 is 1.90 bits per heavy atom. The number of benzene rings is 2. The van der Waals surface area contributed by atoms with Gasteiger partial charge in [-0.25, -0.2) is 4.39 Å². The molecule has 0 aromatic heterocycles. The van der Waals surface area contributed by atoms with Gasteiger partial charge < -0.3 is 15.2 Å². The fourth-order valence-corrected chi connectivity index (χ4v) is 1.75. The van der Waals surface area contributed by atoms with Gasteiger partial charge in [-0.1, -0.05) is 6.07 Å². The molecule has 0 heterocycles. The molecule has 0 atom stereocenters. The number of methoxy groups -OCH3 is 1. The quantitative estimate of drug-likeness (QED) is 0.650. The molecule has 2 rings (SSSR count). The van der Waals surface area contributed by atoms with Crippen molar-refractivity contribution in [2.45, 2.75) is 6.61 Å². The van der Waals surface area contributed by atoms with E-state index < -0.39 is 0 Å². The van der Waals surface area contributed by atoms with Crippen molar-refractivity contribution in [2.75, 3.05) is 7.11 Å². The Bertz CT molecular complexity index is 612. The van der Waals surface area contributed by atoms with E-state index in [0.717, 1.165) is 5.56 Å². The zero-order valence-electron chi connectivity index (χ0n) is 11.0. The van der Waals surface area contributed by atoms with Gasteiger partial charge in [-0.05, 0) is 42.0 Å². The summed E-state index contributed by atoms with van der Waals surface area (Å²) in [6.07, 6.45) is 0. The maximum absolute atomic E-state index is 12.8. The highest BCUT2D eigenvalue weighted by atomic mass is 19.1. The minimum atomic E-state index is -0.301. The van der Waals surface area contributed by atoms with Crippen molar-refractivity contribution in [1.29, 1.82) is 5.41 Å². The van der Waals surface area contributed by atoms with Crippen molar-refractivity contribution in [3.63, 3.8) is 0 Å². The lowest BCUT2D eigenvalue weighted by molar-refractivity contribution is 0.304. The Labute approximate surface area is 116 Å². The molecule has 5 heteroatoms. The number of rotatable bonds is 5. The first-order chi connectivity index (χ1) is 9.60. The number of amidine groups is 1. The van der Waals surface area contributed by atoms with E-state index in [9.17, 15) is 4.39 Å². The number of halogens is 1. The predicted molar refractivity (Wildman–Crippen MR) is 74.7 cm³/mol. The largest absolute Gasteiger partial charge is 0.496 e. The molecular formula is C15H15FN2O2. The van der Waals surface area contributed by atoms with Gasteiger partial charge in [0.25, 0.3) is 0 Å². The summed E-state index contributed by atoms with van der Waals surface area (Å²) >= 11 is 0. The molecule has 0 saturated heterocycles. The first kappa shape index (κ1) is 13.9. The monoisotopic (exact) mass is 274 g/mol. The Morgan fingerprint density at radius 1 is 1.20 bits per heavy atom. The van der Waals surface area contributed by atoms with Crippen LogP contribution in [0.25, 0.3) is 0 Å². The van der Waals surface area contributed by atoms with Crippen molar-refractivity contribution in [3.8, 4) is 11.5 Å². The summed E-state index contributed by atoms with van der Waals surface area (Å²) in [6.45, 7) is 0.320. The highest BCUT2D eigenvalue weighted by molar-refractivity contribution is 5.97. The summed E-state index contributed by atoms with van der Waals surface area (Å²) < 4.78 is 23.5. The molecule has 0 bridgehead atoms. The SMILES string of the molecule is COc1cc(COc2ccc(F)cc2)ccc1C(=N)N. The van der Waals surface area contributed by atoms with Crippen LogP contribution in [0.1, 0.15) is 11.1 Å². The molecule has 0 radical (unpaired) electrons. The van der Waals surface area contributed by atoms with Crippen LogP contribution in [0.3, 0.4) is 0 Å². The van der Waals surface area contributed by atoms with Crippen LogP contribution in [0.2, 0.25) is 0 Å². The second-order valence-electron chi connectivity index (χ2n) is 4.19. The molecule has 0 fully saturated rings. The lowest BCUT2D eigenvalue weighted by Crippen LogP contribution is -2.12. The van der Waals surface area contributed by atoms with Gasteiger partial charge in [0, 0.05) is 0 Å². The molecule has 2 aromatic carbocycles. The van der Waals surface area contributed by atoms with E-state index in [2.05, 4.69) is 0 Å². The molecule has 0 amide bonds. The van der Waals surface area contributed by atoms with Gasteiger partial charge in [0.1, 0.15) is 29.8 Å². The van der Waals surface area contributed by atoms with Crippen LogP contribution in [-0.2, 0) is 6.61 Å². The minimum absolute atomic E-state index is 0.0483. The number of hydrogen-bond donors (Lipinski definition) is 2. The van der Waals surface area contributed by atoms with E-state index >= 15 is 0 Å². The average Bonchev–Trinajstić information content (AvgIpc) is 2.46. The maximum Gasteiger partial charge on any atom is 0.130 e. The fourth-order valence-electron chi connectivity index (χ4n) is 1.75. The second-order valence-corrected chi connectivity index (χ2v) is 4.19. The van der Waals surface area contributed by atoms with E-state index in [1.807, 2.05) is 6.07 Å². The van der Waals surface area contributed by atoms with Gasteiger partial charge in [-0.2, -0.15) is 0 Å². The van der Waals surface area contributed by atoms with Gasteiger partial charge in [-0.3, -0.25) is 5.41 Å². The van der Waals surface area contributed by atoms with Crippen molar-refractivity contribution in [3.05, 3.63) is 59.4 Å². The van der Waals surface area contributed by atoms with Crippen LogP contribution in [0.15, 0.2) is 42.5 Å². The third-order valence-electron chi connectivity index (χ3n) is 2.78. The van der Waals surface area contributed by atoms with E-state index in [-0.39, 0.29) is 11.7 Å². The topological polar surface area (TPSA) is 68.3 Å². The molecule has 0 aliphatic rings. The highest BCUT2D eigenvalue weighted by Gasteiger charge is 2.07. The molecule has 3 N–H and O–H groups in total. The highest BCUT2D eigenvalue weighted by Crippen LogP contribution is 2.21. The Balaban J connectivity index is 2.10. The van der Waals surface area contributed by atoms with Crippen LogP contribution in [0, 0.1) is 11.2 Å². The first-order valence-electron chi connectivity index (χ1n) is 6.00. The third kappa shape index (κ3) is 3.26. The van der Waals surface area contributed by atoms with Gasteiger partial charge in [0.2, 0.25) is 0 Å². The standard InChI is InChI=1S/C15H15FN2O2/c1-19-14-8-10(2-7-13(14)15(17)18)9-20-12-5-3-11(16)4-6-12/h2-8H,9H2,1H3,(H3,17,18). The summed E-state index contributed by atoms with van der Waals surface area (Å²) in [5, 5.41) is 7.44. The van der Waals surface area contributed by atoms with Gasteiger partial charge >= 0.3 is 0 Å². The molecule has 0 aliphatic carbocycles. The van der Waals surface area contributed by atoms with E-state index in [1.54, 1.807) is 24.3 Å². The molecular weight excluding hydrogens is 259 g/mol. The van der Waals surface area contributed by atoms with Crippen molar-refractivity contribution in [2.24, 2.45) is 5.73 Å². The van der Waals surface area contributed by atoms with Crippen LogP contribution < -0.4 is 15.2 Å². The van der Waals surface area contributed by atoms with Gasteiger partial charge in [0.05, 0.1) is 12.7 Å². The van der Waals surface area contributed by atoms with Crippen molar-refractivity contribution in [1.82, 2.24) is 0 Å². The number of ether oxygens (including phenoxy) is 2. The number of hydrogen-bond acceptors (Lipinski definition) is 3. The lowest BCUT2D eigenvalue weighted by Gasteiger charge is -2.10. The number of nitrogen functional groups attached to an aromatic ring is 1. The number of nitrogens with two attached hydrogens (primary N) is 1. The summed E-state index contributed by atoms with van der Waals surface area (Å²) in [7, 11) is 1.52. The van der Waals surface area contributed by atoms with Crippen LogP contribution in [0.4, 0.5) is 4.39 Å². The predicted octanol–water partition coefficient (Wildman–Crippen LogP) is 2.70. The van der Waals surface area contributed by atoms with Gasteiger partial charge in [0.15, 0.2) is 0 Å². The van der Waals surface area contributed by atoms with Crippen molar-refractivity contribution < 1.29 is 13.9 Å². The summed E-state index contributed by atoms with van der Waals surface area (Å²) in [5.41, 5.74) is 6.87. The van der Waals surface area contributed by atoms with Crippen LogP contribution in [-0.4, -0.2) is 12.9 Å². The zero-order valence-corrected chi connectivity index (χ0v) is 11.0. The third-order valence-corrected chi connectivity index (χ3v) is 2.78. The first-order valence-corrected chi connectivity index (χ1v) is 6.00. The molecule has 0 saturated carbocycles. The lowest BCUT2D eigenvalue weighted by atomic mass is 10.1.